The molecule has 70 valence electrons. The van der Waals surface area contributed by atoms with E-state index in [4.69, 9.17) is 0 Å². The van der Waals surface area contributed by atoms with Crippen molar-refractivity contribution in [2.75, 3.05) is 0 Å². The second-order valence-corrected chi connectivity index (χ2v) is 3.07. The van der Waals surface area contributed by atoms with E-state index >= 15 is 0 Å². The van der Waals surface area contributed by atoms with Gasteiger partial charge < -0.3 is 4.98 Å². The molecule has 1 heterocycles. The largest absolute Gasteiger partial charge is 0.358 e. The van der Waals surface area contributed by atoms with Crippen LogP contribution in [0, 0.1) is 0 Å². The number of carbonyl (C=O) groups is 1. The van der Waals surface area contributed by atoms with Crippen LogP contribution in [0.1, 0.15) is 22.5 Å². The van der Waals surface area contributed by atoms with E-state index in [9.17, 15) is 18.4 Å². The van der Waals surface area contributed by atoms with E-state index in [-0.39, 0.29) is 10.8 Å². The fourth-order valence-electron chi connectivity index (χ4n) is 0.833. The lowest BCUT2D eigenvalue weighted by molar-refractivity contribution is 0.110. The minimum Gasteiger partial charge on any atom is -0.358 e. The van der Waals surface area contributed by atoms with Crippen molar-refractivity contribution in [3.63, 3.8) is 0 Å². The quantitative estimate of drug-likeness (QED) is 0.817. The third-order valence-electron chi connectivity index (χ3n) is 1.44. The van der Waals surface area contributed by atoms with Crippen LogP contribution < -0.4 is 5.43 Å². The predicted molar refractivity (Wildman–Crippen MR) is 45.1 cm³/mol. The molecule has 1 N–H and O–H groups in total. The van der Waals surface area contributed by atoms with Gasteiger partial charge in [-0.25, -0.2) is 8.78 Å². The normalized spacial score (nSPS) is 10.5. The van der Waals surface area contributed by atoms with Crippen molar-refractivity contribution in [1.29, 1.82) is 0 Å². The van der Waals surface area contributed by atoms with Gasteiger partial charge in [0.15, 0.2) is 6.29 Å². The van der Waals surface area contributed by atoms with Gasteiger partial charge in [-0.3, -0.25) is 9.59 Å². The van der Waals surface area contributed by atoms with Crippen LogP contribution in [-0.2, 0) is 0 Å². The minimum atomic E-state index is -2.86. The summed E-state index contributed by atoms with van der Waals surface area (Å²) in [5, 5.41) is 0. The lowest BCUT2D eigenvalue weighted by atomic mass is 10.2. The first-order valence-electron chi connectivity index (χ1n) is 3.22. The van der Waals surface area contributed by atoms with Gasteiger partial charge in [0.25, 0.3) is 6.43 Å². The number of aldehydes is 1. The zero-order valence-corrected chi connectivity index (χ0v) is 7.77. The number of aromatic nitrogens is 1. The Kier molecular flexibility index (Phi) is 2.92. The summed E-state index contributed by atoms with van der Waals surface area (Å²) >= 11 is 2.82. The number of nitrogens with one attached hydrogen (secondary N) is 1. The maximum atomic E-state index is 12.2. The molecular formula is C7H4BrF2NO2. The van der Waals surface area contributed by atoms with Gasteiger partial charge in [-0.05, 0) is 15.9 Å². The highest BCUT2D eigenvalue weighted by Gasteiger charge is 2.16. The van der Waals surface area contributed by atoms with Crippen LogP contribution in [0.5, 0.6) is 0 Å². The summed E-state index contributed by atoms with van der Waals surface area (Å²) in [6, 6.07) is 0. The Balaban J connectivity index is 3.47. The van der Waals surface area contributed by atoms with Gasteiger partial charge in [0.1, 0.15) is 0 Å². The second kappa shape index (κ2) is 3.78. The third-order valence-corrected chi connectivity index (χ3v) is 2.03. The SMILES string of the molecule is O=Cc1c(C(F)F)[nH]cc(Br)c1=O. The number of halogens is 3. The minimum absolute atomic E-state index is 0.0546. The van der Waals surface area contributed by atoms with Crippen LogP contribution in [0.4, 0.5) is 8.78 Å². The van der Waals surface area contributed by atoms with Crippen molar-refractivity contribution in [3.8, 4) is 0 Å². The molecule has 0 aliphatic carbocycles. The number of H-pyrrole nitrogens is 1. The van der Waals surface area contributed by atoms with E-state index in [0.29, 0.717) is 0 Å². The molecular weight excluding hydrogens is 248 g/mol. The summed E-state index contributed by atoms with van der Waals surface area (Å²) < 4.78 is 24.4. The van der Waals surface area contributed by atoms with E-state index in [1.807, 2.05) is 0 Å². The number of carbonyl (C=O) groups excluding carboxylic acids is 1. The Morgan fingerprint density at radius 3 is 2.62 bits per heavy atom. The number of pyridine rings is 1. The molecule has 0 aromatic carbocycles. The molecule has 0 saturated heterocycles. The average molecular weight is 252 g/mol. The molecule has 0 atom stereocenters. The van der Waals surface area contributed by atoms with Gasteiger partial charge in [0.2, 0.25) is 5.43 Å². The van der Waals surface area contributed by atoms with Gasteiger partial charge in [-0.1, -0.05) is 0 Å². The van der Waals surface area contributed by atoms with Crippen LogP contribution in [0.3, 0.4) is 0 Å². The maximum absolute atomic E-state index is 12.2. The van der Waals surface area contributed by atoms with Crippen molar-refractivity contribution < 1.29 is 13.6 Å². The smallest absolute Gasteiger partial charge is 0.279 e. The van der Waals surface area contributed by atoms with Crippen LogP contribution in [-0.4, -0.2) is 11.3 Å². The Morgan fingerprint density at radius 2 is 2.15 bits per heavy atom. The Labute approximate surface area is 79.9 Å². The maximum Gasteiger partial charge on any atom is 0.279 e. The molecule has 0 bridgehead atoms. The van der Waals surface area contributed by atoms with Crippen LogP contribution in [0.2, 0.25) is 0 Å². The molecule has 0 fully saturated rings. The van der Waals surface area contributed by atoms with E-state index in [0.717, 1.165) is 6.20 Å². The number of hydrogen-bond donors (Lipinski definition) is 1. The molecule has 1 aromatic heterocycles. The van der Waals surface area contributed by atoms with E-state index in [1.54, 1.807) is 0 Å². The molecule has 13 heavy (non-hydrogen) atoms. The number of aromatic amines is 1. The first-order valence-corrected chi connectivity index (χ1v) is 4.01. The Hall–Kier alpha value is -1.04. The molecule has 0 saturated carbocycles. The lowest BCUT2D eigenvalue weighted by Gasteiger charge is -2.02. The van der Waals surface area contributed by atoms with Crippen molar-refractivity contribution >= 4 is 22.2 Å². The summed E-state index contributed by atoms with van der Waals surface area (Å²) in [6.45, 7) is 0. The summed E-state index contributed by atoms with van der Waals surface area (Å²) in [5.74, 6) is 0. The van der Waals surface area contributed by atoms with Crippen molar-refractivity contribution in [2.24, 2.45) is 0 Å². The van der Waals surface area contributed by atoms with Gasteiger partial charge in [0.05, 0.1) is 15.7 Å². The molecule has 0 amide bonds. The topological polar surface area (TPSA) is 49.9 Å². The third kappa shape index (κ3) is 1.82. The Morgan fingerprint density at radius 1 is 1.54 bits per heavy atom. The van der Waals surface area contributed by atoms with Gasteiger partial charge in [0, 0.05) is 6.20 Å². The van der Waals surface area contributed by atoms with Crippen LogP contribution in [0.15, 0.2) is 15.5 Å². The molecule has 0 radical (unpaired) electrons. The van der Waals surface area contributed by atoms with E-state index in [2.05, 4.69) is 20.9 Å². The van der Waals surface area contributed by atoms with Gasteiger partial charge in [-0.2, -0.15) is 0 Å². The van der Waals surface area contributed by atoms with Crippen molar-refractivity contribution in [1.82, 2.24) is 4.98 Å². The zero-order chi connectivity index (χ0) is 10.0. The average Bonchev–Trinajstić information content (AvgIpc) is 2.09. The highest BCUT2D eigenvalue weighted by atomic mass is 79.9. The number of rotatable bonds is 2. The molecule has 6 heteroatoms. The highest BCUT2D eigenvalue weighted by Crippen LogP contribution is 2.18. The van der Waals surface area contributed by atoms with Gasteiger partial charge >= 0.3 is 0 Å². The summed E-state index contributed by atoms with van der Waals surface area (Å²) in [6.07, 6.45) is -1.66. The molecule has 1 aromatic rings. The van der Waals surface area contributed by atoms with Crippen molar-refractivity contribution in [3.05, 3.63) is 32.2 Å². The van der Waals surface area contributed by atoms with Crippen LogP contribution >= 0.6 is 15.9 Å². The zero-order valence-electron chi connectivity index (χ0n) is 6.18. The standard InChI is InChI=1S/C7H4BrF2NO2/c8-4-1-11-5(7(9)10)3(2-12)6(4)13/h1-2,7H,(H,11,13). The monoisotopic (exact) mass is 251 g/mol. The first-order chi connectivity index (χ1) is 6.07. The van der Waals surface area contributed by atoms with Crippen molar-refractivity contribution in [2.45, 2.75) is 6.43 Å². The highest BCUT2D eigenvalue weighted by molar-refractivity contribution is 9.10. The van der Waals surface area contributed by atoms with Gasteiger partial charge in [-0.15, -0.1) is 0 Å². The Bertz CT molecular complexity index is 389. The van der Waals surface area contributed by atoms with Crippen LogP contribution in [0.25, 0.3) is 0 Å². The molecule has 0 aliphatic rings. The second-order valence-electron chi connectivity index (χ2n) is 2.21. The lowest BCUT2D eigenvalue weighted by Crippen LogP contribution is -2.14. The first kappa shape index (κ1) is 10.0. The summed E-state index contributed by atoms with van der Waals surface area (Å²) in [4.78, 5) is 23.6. The summed E-state index contributed by atoms with van der Waals surface area (Å²) in [7, 11) is 0. The fourth-order valence-corrected chi connectivity index (χ4v) is 1.16. The molecule has 0 spiro atoms. The fraction of sp³-hybridized carbons (Fsp3) is 0.143. The molecule has 3 nitrogen and oxygen atoms in total. The van der Waals surface area contributed by atoms with E-state index < -0.39 is 23.1 Å². The molecule has 0 unspecified atom stereocenters. The number of alkyl halides is 2. The van der Waals surface area contributed by atoms with E-state index in [1.165, 1.54) is 0 Å². The molecule has 0 aliphatic heterocycles. The molecule has 1 rings (SSSR count). The number of hydrogen-bond acceptors (Lipinski definition) is 2. The predicted octanol–water partition coefficient (Wildman–Crippen LogP) is 1.89. The summed E-state index contributed by atoms with van der Waals surface area (Å²) in [5.41, 5.74) is -1.92.